The molecule has 4 rings (SSSR count). The number of hydrogen-bond donors (Lipinski definition) is 1. The molecule has 2 aromatic rings. The fourth-order valence-electron chi connectivity index (χ4n) is 3.16. The monoisotopic (exact) mass is 346 g/mol. The van der Waals surface area contributed by atoms with E-state index >= 15 is 0 Å². The molecule has 2 saturated heterocycles. The second-order valence-electron chi connectivity index (χ2n) is 6.10. The van der Waals surface area contributed by atoms with Crippen LogP contribution < -0.4 is 5.32 Å². The van der Waals surface area contributed by atoms with E-state index in [0.717, 1.165) is 25.9 Å². The van der Waals surface area contributed by atoms with Crippen molar-refractivity contribution in [2.75, 3.05) is 19.8 Å². The van der Waals surface area contributed by atoms with E-state index in [1.165, 1.54) is 11.3 Å². The second kappa shape index (κ2) is 6.54. The van der Waals surface area contributed by atoms with E-state index in [4.69, 9.17) is 9.47 Å². The molecule has 0 radical (unpaired) electrons. The van der Waals surface area contributed by atoms with Crippen LogP contribution in [0.5, 0.6) is 0 Å². The Kier molecular flexibility index (Phi) is 4.26. The van der Waals surface area contributed by atoms with Crippen LogP contribution in [-0.4, -0.2) is 52.3 Å². The maximum Gasteiger partial charge on any atom is 0.263 e. The summed E-state index contributed by atoms with van der Waals surface area (Å²) in [4.78, 5) is 25.7. The first-order chi connectivity index (χ1) is 11.7. The van der Waals surface area contributed by atoms with E-state index in [1.54, 1.807) is 24.7 Å². The Balaban J connectivity index is 1.42. The van der Waals surface area contributed by atoms with Gasteiger partial charge in [-0.2, -0.15) is 0 Å². The van der Waals surface area contributed by atoms with Crippen molar-refractivity contribution in [1.82, 2.24) is 20.3 Å². The highest BCUT2D eigenvalue weighted by Gasteiger charge is 2.41. The number of amides is 1. The lowest BCUT2D eigenvalue weighted by Gasteiger charge is -2.37. The summed E-state index contributed by atoms with van der Waals surface area (Å²) >= 11 is 1.30. The summed E-state index contributed by atoms with van der Waals surface area (Å²) in [5, 5.41) is 3.75. The van der Waals surface area contributed by atoms with E-state index in [2.05, 4.69) is 20.3 Å². The van der Waals surface area contributed by atoms with Gasteiger partial charge in [-0.25, -0.2) is 15.0 Å². The molecule has 0 bridgehead atoms. The third-order valence-corrected chi connectivity index (χ3v) is 5.37. The SMILES string of the molecule is O=C(NC1CCOC2(CCOC2)C1)c1cnc(-c2ncccn2)s1. The highest BCUT2D eigenvalue weighted by Crippen LogP contribution is 2.33. The highest BCUT2D eigenvalue weighted by atomic mass is 32.1. The van der Waals surface area contributed by atoms with Crippen LogP contribution in [0, 0.1) is 0 Å². The molecule has 8 heteroatoms. The lowest BCUT2D eigenvalue weighted by atomic mass is 9.89. The Hall–Kier alpha value is -1.90. The number of hydrogen-bond acceptors (Lipinski definition) is 7. The molecule has 0 aromatic carbocycles. The first kappa shape index (κ1) is 15.6. The summed E-state index contributed by atoms with van der Waals surface area (Å²) in [6.07, 6.45) is 7.42. The van der Waals surface area contributed by atoms with Gasteiger partial charge in [-0.3, -0.25) is 4.79 Å². The van der Waals surface area contributed by atoms with Crippen molar-refractivity contribution >= 4 is 17.2 Å². The minimum Gasteiger partial charge on any atom is -0.378 e. The number of carbonyl (C=O) groups excluding carboxylic acids is 1. The highest BCUT2D eigenvalue weighted by molar-refractivity contribution is 7.16. The lowest BCUT2D eigenvalue weighted by Crippen LogP contribution is -2.48. The minimum atomic E-state index is -0.215. The van der Waals surface area contributed by atoms with Crippen molar-refractivity contribution in [3.05, 3.63) is 29.5 Å². The van der Waals surface area contributed by atoms with Gasteiger partial charge in [0, 0.05) is 38.1 Å². The molecular formula is C16H18N4O3S. The molecule has 2 unspecified atom stereocenters. The van der Waals surface area contributed by atoms with Gasteiger partial charge < -0.3 is 14.8 Å². The summed E-state index contributed by atoms with van der Waals surface area (Å²) in [6, 6.07) is 1.85. The number of nitrogens with zero attached hydrogens (tertiary/aromatic N) is 3. The van der Waals surface area contributed by atoms with Crippen molar-refractivity contribution in [3.63, 3.8) is 0 Å². The standard InChI is InChI=1S/C16H18N4O3S/c21-14(12-9-19-15(24-12)13-17-4-1-5-18-13)20-11-2-6-23-16(8-11)3-7-22-10-16/h1,4-5,9,11H,2-3,6-8,10H2,(H,20,21). The van der Waals surface area contributed by atoms with Gasteiger partial charge in [-0.1, -0.05) is 0 Å². The molecule has 24 heavy (non-hydrogen) atoms. The fourth-order valence-corrected chi connectivity index (χ4v) is 3.93. The van der Waals surface area contributed by atoms with Gasteiger partial charge in [0.2, 0.25) is 0 Å². The predicted octanol–water partition coefficient (Wildman–Crippen LogP) is 1.67. The smallest absolute Gasteiger partial charge is 0.263 e. The van der Waals surface area contributed by atoms with Crippen LogP contribution in [0.3, 0.4) is 0 Å². The maximum absolute atomic E-state index is 12.5. The van der Waals surface area contributed by atoms with Crippen LogP contribution in [0.1, 0.15) is 28.9 Å². The molecule has 2 aliphatic heterocycles. The molecule has 2 aromatic heterocycles. The molecule has 0 saturated carbocycles. The Bertz CT molecular complexity index is 715. The van der Waals surface area contributed by atoms with Crippen molar-refractivity contribution < 1.29 is 14.3 Å². The van der Waals surface area contributed by atoms with E-state index in [0.29, 0.717) is 28.9 Å². The van der Waals surface area contributed by atoms with Gasteiger partial charge in [-0.05, 0) is 18.9 Å². The number of rotatable bonds is 3. The van der Waals surface area contributed by atoms with Crippen LogP contribution in [0.2, 0.25) is 0 Å². The van der Waals surface area contributed by atoms with Gasteiger partial charge >= 0.3 is 0 Å². The van der Waals surface area contributed by atoms with Crippen molar-refractivity contribution in [2.45, 2.75) is 30.9 Å². The first-order valence-corrected chi connectivity index (χ1v) is 8.82. The molecule has 4 heterocycles. The quantitative estimate of drug-likeness (QED) is 0.910. The topological polar surface area (TPSA) is 86.2 Å². The summed E-state index contributed by atoms with van der Waals surface area (Å²) in [5.41, 5.74) is -0.215. The minimum absolute atomic E-state index is 0.101. The molecule has 126 valence electrons. The van der Waals surface area contributed by atoms with Crippen molar-refractivity contribution in [1.29, 1.82) is 0 Å². The van der Waals surface area contributed by atoms with E-state index < -0.39 is 0 Å². The molecule has 1 amide bonds. The number of nitrogens with one attached hydrogen (secondary N) is 1. The first-order valence-electron chi connectivity index (χ1n) is 8.00. The molecular weight excluding hydrogens is 328 g/mol. The predicted molar refractivity (Wildman–Crippen MR) is 87.7 cm³/mol. The lowest BCUT2D eigenvalue weighted by molar-refractivity contribution is -0.0880. The molecule has 7 nitrogen and oxygen atoms in total. The van der Waals surface area contributed by atoms with Crippen LogP contribution in [0.25, 0.3) is 10.8 Å². The number of carbonyl (C=O) groups is 1. The van der Waals surface area contributed by atoms with Crippen molar-refractivity contribution in [2.24, 2.45) is 0 Å². The van der Waals surface area contributed by atoms with E-state index in [1.807, 2.05) is 0 Å². The van der Waals surface area contributed by atoms with E-state index in [-0.39, 0.29) is 17.6 Å². The third-order valence-electron chi connectivity index (χ3n) is 4.38. The van der Waals surface area contributed by atoms with Crippen LogP contribution in [-0.2, 0) is 9.47 Å². The Morgan fingerprint density at radius 2 is 2.17 bits per heavy atom. The third kappa shape index (κ3) is 3.17. The zero-order valence-electron chi connectivity index (χ0n) is 13.1. The van der Waals surface area contributed by atoms with Gasteiger partial charge in [-0.15, -0.1) is 11.3 Å². The summed E-state index contributed by atoms with van der Waals surface area (Å²) < 4.78 is 11.4. The van der Waals surface area contributed by atoms with Crippen LogP contribution >= 0.6 is 11.3 Å². The van der Waals surface area contributed by atoms with Gasteiger partial charge in [0.1, 0.15) is 4.88 Å². The summed E-state index contributed by atoms with van der Waals surface area (Å²) in [7, 11) is 0. The molecule has 1 N–H and O–H groups in total. The van der Waals surface area contributed by atoms with Gasteiger partial charge in [0.25, 0.3) is 5.91 Å². The Morgan fingerprint density at radius 3 is 2.96 bits per heavy atom. The fraction of sp³-hybridized carbons (Fsp3) is 0.500. The molecule has 2 fully saturated rings. The zero-order valence-corrected chi connectivity index (χ0v) is 13.9. The van der Waals surface area contributed by atoms with E-state index in [9.17, 15) is 4.79 Å². The summed E-state index contributed by atoms with van der Waals surface area (Å²) in [5.74, 6) is 0.435. The zero-order chi connectivity index (χ0) is 16.4. The van der Waals surface area contributed by atoms with Crippen LogP contribution in [0.4, 0.5) is 0 Å². The average Bonchev–Trinajstić information content (AvgIpc) is 3.26. The van der Waals surface area contributed by atoms with Gasteiger partial charge in [0.05, 0.1) is 18.4 Å². The largest absolute Gasteiger partial charge is 0.378 e. The molecule has 1 spiro atoms. The Morgan fingerprint density at radius 1 is 1.29 bits per heavy atom. The number of thiazole rings is 1. The molecule has 2 aliphatic rings. The maximum atomic E-state index is 12.5. The molecule has 2 atom stereocenters. The normalized spacial score (nSPS) is 26.6. The Labute approximate surface area is 143 Å². The second-order valence-corrected chi connectivity index (χ2v) is 7.13. The van der Waals surface area contributed by atoms with Gasteiger partial charge in [0.15, 0.2) is 10.8 Å². The number of aromatic nitrogens is 3. The van der Waals surface area contributed by atoms with Crippen molar-refractivity contribution in [3.8, 4) is 10.8 Å². The average molecular weight is 346 g/mol. The van der Waals surface area contributed by atoms with Crippen LogP contribution in [0.15, 0.2) is 24.7 Å². The molecule has 0 aliphatic carbocycles. The number of ether oxygens (including phenoxy) is 2. The summed E-state index contributed by atoms with van der Waals surface area (Å²) in [6.45, 7) is 2.01.